The number of halogens is 1. The van der Waals surface area contributed by atoms with E-state index in [-0.39, 0.29) is 5.16 Å². The molecule has 1 aliphatic heterocycles. The number of hydrogen-bond acceptors (Lipinski definition) is 3. The Balaban J connectivity index is 2.34. The first-order chi connectivity index (χ1) is 13.4. The zero-order valence-corrected chi connectivity index (χ0v) is 19.0. The topological polar surface area (TPSA) is 37.7 Å². The van der Waals surface area contributed by atoms with Crippen molar-refractivity contribution in [2.24, 2.45) is 4.74 Å². The first-order valence-electron chi connectivity index (χ1n) is 10.0. The molecule has 0 N–H and O–H groups in total. The zero-order valence-electron chi connectivity index (χ0n) is 17.4. The summed E-state index contributed by atoms with van der Waals surface area (Å²) in [6, 6.07) is 9.98. The molecule has 1 fully saturated rings. The van der Waals surface area contributed by atoms with Gasteiger partial charge >= 0.3 is 0 Å². The highest BCUT2D eigenvalue weighted by Gasteiger charge is 2.41. The zero-order chi connectivity index (χ0) is 20.2. The summed E-state index contributed by atoms with van der Waals surface area (Å²) in [6.45, 7) is 9.07. The van der Waals surface area contributed by atoms with Crippen molar-refractivity contribution in [3.8, 4) is 5.75 Å². The van der Waals surface area contributed by atoms with Crippen molar-refractivity contribution >= 4 is 29.8 Å². The molecule has 2 aromatic rings. The van der Waals surface area contributed by atoms with Gasteiger partial charge in [-0.05, 0) is 43.2 Å². The van der Waals surface area contributed by atoms with Gasteiger partial charge in [0.1, 0.15) is 11.4 Å². The molecular formula is C22H31ClN3OP. The molecular weight excluding hydrogens is 389 g/mol. The summed E-state index contributed by atoms with van der Waals surface area (Å²) in [5, 5.41) is 1.89. The number of methoxy groups -OCH3 is 1. The first kappa shape index (κ1) is 21.4. The maximum atomic E-state index is 6.35. The molecule has 3 rings (SSSR count). The number of nitrogens with zero attached hydrogens (tertiary/aromatic N) is 3. The molecule has 28 heavy (non-hydrogen) atoms. The van der Waals surface area contributed by atoms with Crippen molar-refractivity contribution in [1.82, 2.24) is 9.65 Å². The smallest absolute Gasteiger partial charge is 0.144 e. The van der Waals surface area contributed by atoms with Gasteiger partial charge in [0, 0.05) is 41.0 Å². The Labute approximate surface area is 174 Å². The van der Waals surface area contributed by atoms with Crippen LogP contribution in [-0.4, -0.2) is 35.0 Å². The van der Waals surface area contributed by atoms with Crippen molar-refractivity contribution in [2.45, 2.75) is 51.6 Å². The van der Waals surface area contributed by atoms with E-state index in [0.29, 0.717) is 5.02 Å². The Morgan fingerprint density at radius 3 is 2.25 bits per heavy atom. The predicted molar refractivity (Wildman–Crippen MR) is 121 cm³/mol. The second-order valence-electron chi connectivity index (χ2n) is 8.26. The average molecular weight is 420 g/mol. The van der Waals surface area contributed by atoms with Crippen LogP contribution in [-0.2, 0) is 0 Å². The molecule has 2 heterocycles. The van der Waals surface area contributed by atoms with Gasteiger partial charge in [-0.2, -0.15) is 0 Å². The second-order valence-corrected chi connectivity index (χ2v) is 12.5. The average Bonchev–Trinajstić information content (AvgIpc) is 2.95. The van der Waals surface area contributed by atoms with Crippen molar-refractivity contribution in [3.63, 3.8) is 0 Å². The van der Waals surface area contributed by atoms with E-state index >= 15 is 0 Å². The van der Waals surface area contributed by atoms with Crippen LogP contribution in [0.2, 0.25) is 5.02 Å². The SMILES string of the molecule is COc1ccc(Cl)cc1N=[P@@](c1ccncc1)(N1CCCCCC1)C(C)(C)C. The van der Waals surface area contributed by atoms with Gasteiger partial charge in [0.15, 0.2) is 0 Å². The molecule has 1 aliphatic rings. The molecule has 0 saturated carbocycles. The summed E-state index contributed by atoms with van der Waals surface area (Å²) >= 11 is 6.35. The first-order valence-corrected chi connectivity index (χ1v) is 12.1. The van der Waals surface area contributed by atoms with Gasteiger partial charge in [0.25, 0.3) is 0 Å². The van der Waals surface area contributed by atoms with Crippen molar-refractivity contribution in [1.29, 1.82) is 0 Å². The molecule has 152 valence electrons. The maximum Gasteiger partial charge on any atom is 0.144 e. The van der Waals surface area contributed by atoms with Crippen LogP contribution in [0.15, 0.2) is 47.5 Å². The number of pyridine rings is 1. The fourth-order valence-corrected chi connectivity index (χ4v) is 8.58. The molecule has 1 atom stereocenters. The Morgan fingerprint density at radius 2 is 1.68 bits per heavy atom. The van der Waals surface area contributed by atoms with E-state index in [4.69, 9.17) is 21.1 Å². The fraction of sp³-hybridized carbons (Fsp3) is 0.500. The molecule has 4 nitrogen and oxygen atoms in total. The van der Waals surface area contributed by atoms with Crippen LogP contribution in [0.5, 0.6) is 5.75 Å². The second kappa shape index (κ2) is 8.98. The summed E-state index contributed by atoms with van der Waals surface area (Å²) in [6.07, 6.45) is 8.78. The molecule has 0 unspecified atom stereocenters. The van der Waals surface area contributed by atoms with Crippen LogP contribution < -0.4 is 10.0 Å². The van der Waals surface area contributed by atoms with Crippen molar-refractivity contribution < 1.29 is 4.74 Å². The van der Waals surface area contributed by atoms with E-state index in [1.54, 1.807) is 7.11 Å². The lowest BCUT2D eigenvalue weighted by atomic mass is 10.2. The Kier molecular flexibility index (Phi) is 6.85. The largest absolute Gasteiger partial charge is 0.494 e. The number of ether oxygens (including phenoxy) is 1. The summed E-state index contributed by atoms with van der Waals surface area (Å²) in [4.78, 5) is 4.27. The summed E-state index contributed by atoms with van der Waals surface area (Å²) in [7, 11) is -0.445. The lowest BCUT2D eigenvalue weighted by molar-refractivity contribution is 0.416. The summed E-state index contributed by atoms with van der Waals surface area (Å²) in [5.41, 5.74) is 0.833. The monoisotopic (exact) mass is 419 g/mol. The fourth-order valence-electron chi connectivity index (χ4n) is 4.04. The third-order valence-electron chi connectivity index (χ3n) is 5.34. The van der Waals surface area contributed by atoms with Crippen molar-refractivity contribution in [2.75, 3.05) is 20.2 Å². The number of hydrogen-bond donors (Lipinski definition) is 0. The minimum atomic E-state index is -2.14. The van der Waals surface area contributed by atoms with Crippen LogP contribution >= 0.6 is 18.8 Å². The van der Waals surface area contributed by atoms with E-state index in [9.17, 15) is 0 Å². The normalized spacial score (nSPS) is 18.2. The van der Waals surface area contributed by atoms with Gasteiger partial charge in [0.2, 0.25) is 0 Å². The molecule has 0 spiro atoms. The highest BCUT2D eigenvalue weighted by Crippen LogP contribution is 2.65. The quantitative estimate of drug-likeness (QED) is 0.531. The number of benzene rings is 1. The van der Waals surface area contributed by atoms with E-state index < -0.39 is 7.21 Å². The Hall–Kier alpha value is -1.35. The van der Waals surface area contributed by atoms with Crippen LogP contribution in [0.4, 0.5) is 5.69 Å². The molecule has 1 aromatic carbocycles. The van der Waals surface area contributed by atoms with E-state index in [0.717, 1.165) is 24.5 Å². The number of rotatable bonds is 4. The lowest BCUT2D eigenvalue weighted by Crippen LogP contribution is -2.37. The minimum Gasteiger partial charge on any atom is -0.494 e. The van der Waals surface area contributed by atoms with Gasteiger partial charge in [-0.1, -0.05) is 45.2 Å². The maximum absolute atomic E-state index is 6.35. The summed E-state index contributed by atoms with van der Waals surface area (Å²) in [5.74, 6) is 0.766. The van der Waals surface area contributed by atoms with Gasteiger partial charge in [-0.15, -0.1) is 0 Å². The molecule has 6 heteroatoms. The van der Waals surface area contributed by atoms with Crippen LogP contribution in [0.25, 0.3) is 0 Å². The molecule has 1 aromatic heterocycles. The molecule has 0 bridgehead atoms. The van der Waals surface area contributed by atoms with Gasteiger partial charge in [0.05, 0.1) is 14.3 Å². The molecule has 0 radical (unpaired) electrons. The lowest BCUT2D eigenvalue weighted by Gasteiger charge is -2.45. The predicted octanol–water partition coefficient (Wildman–Crippen LogP) is 6.49. The van der Waals surface area contributed by atoms with E-state index in [2.05, 4.69) is 42.6 Å². The van der Waals surface area contributed by atoms with Crippen molar-refractivity contribution in [3.05, 3.63) is 47.7 Å². The van der Waals surface area contributed by atoms with Crippen LogP contribution in [0, 0.1) is 0 Å². The van der Waals surface area contributed by atoms with Gasteiger partial charge < -0.3 is 4.74 Å². The highest BCUT2D eigenvalue weighted by molar-refractivity contribution is 7.73. The van der Waals surface area contributed by atoms with Gasteiger partial charge in [-0.25, -0.2) is 4.74 Å². The summed E-state index contributed by atoms with van der Waals surface area (Å²) < 4.78 is 13.8. The molecule has 1 saturated heterocycles. The standard InChI is InChI=1S/C22H31ClN3OP/c1-22(2,3)28(19-11-13-24-14-12-19,26-15-7-5-6-8-16-26)25-20-17-18(23)9-10-21(20)27-4/h9-14,17H,5-8,15-16H2,1-4H3/t28-/m0/s1. The Bertz CT molecular complexity index is 841. The highest BCUT2D eigenvalue weighted by atomic mass is 35.5. The molecule has 0 amide bonds. The minimum absolute atomic E-state index is 0.0496. The van der Waals surface area contributed by atoms with Crippen LogP contribution in [0.1, 0.15) is 46.5 Å². The van der Waals surface area contributed by atoms with E-state index in [1.807, 2.05) is 30.6 Å². The third kappa shape index (κ3) is 4.30. The van der Waals surface area contributed by atoms with Crippen LogP contribution in [0.3, 0.4) is 0 Å². The van der Waals surface area contributed by atoms with Gasteiger partial charge in [-0.3, -0.25) is 9.65 Å². The van der Waals surface area contributed by atoms with E-state index in [1.165, 1.54) is 31.0 Å². The third-order valence-corrected chi connectivity index (χ3v) is 10.2. The number of aromatic nitrogens is 1. The molecule has 0 aliphatic carbocycles. The Morgan fingerprint density at radius 1 is 1.04 bits per heavy atom.